The van der Waals surface area contributed by atoms with Crippen LogP contribution in [0.4, 0.5) is 21.8 Å². The van der Waals surface area contributed by atoms with Gasteiger partial charge in [-0.15, -0.1) is 0 Å². The third-order valence-electron chi connectivity index (χ3n) is 2.72. The molecule has 0 amide bonds. The number of nitrogens with one attached hydrogen (secondary N) is 2. The summed E-state index contributed by atoms with van der Waals surface area (Å²) in [7, 11) is 0. The number of anilines is 3. The predicted octanol–water partition coefficient (Wildman–Crippen LogP) is 3.49. The molecular weight excluding hydrogens is 243 g/mol. The molecule has 0 fully saturated rings. The van der Waals surface area contributed by atoms with Gasteiger partial charge in [0.05, 0.1) is 0 Å². The van der Waals surface area contributed by atoms with Crippen LogP contribution in [0.2, 0.25) is 0 Å². The van der Waals surface area contributed by atoms with Gasteiger partial charge < -0.3 is 10.6 Å². The second kappa shape index (κ2) is 6.13. The highest BCUT2D eigenvalue weighted by Gasteiger charge is 2.05. The van der Waals surface area contributed by atoms with E-state index in [0.717, 1.165) is 13.0 Å². The Kier molecular flexibility index (Phi) is 4.28. The lowest BCUT2D eigenvalue weighted by Crippen LogP contribution is -2.05. The van der Waals surface area contributed by atoms with Gasteiger partial charge in [0.1, 0.15) is 11.6 Å². The molecule has 2 N–H and O–H groups in total. The Balaban J connectivity index is 2.16. The van der Waals surface area contributed by atoms with E-state index >= 15 is 0 Å². The van der Waals surface area contributed by atoms with Crippen LogP contribution >= 0.6 is 0 Å². The van der Waals surface area contributed by atoms with E-state index in [1.807, 2.05) is 6.07 Å². The fourth-order valence-electron chi connectivity index (χ4n) is 1.63. The molecule has 0 aliphatic heterocycles. The van der Waals surface area contributed by atoms with Gasteiger partial charge in [0, 0.05) is 24.0 Å². The zero-order chi connectivity index (χ0) is 13.7. The molecule has 2 rings (SSSR count). The second-order valence-corrected chi connectivity index (χ2v) is 4.23. The zero-order valence-corrected chi connectivity index (χ0v) is 11.1. The minimum Gasteiger partial charge on any atom is -0.354 e. The van der Waals surface area contributed by atoms with Crippen molar-refractivity contribution in [3.8, 4) is 0 Å². The lowest BCUT2D eigenvalue weighted by atomic mass is 10.2. The normalized spacial score (nSPS) is 10.3. The molecule has 19 heavy (non-hydrogen) atoms. The SMILES string of the molecule is CCCNc1nccc(Nc2cccc(F)c2C)n1. The summed E-state index contributed by atoms with van der Waals surface area (Å²) in [6.07, 6.45) is 2.67. The van der Waals surface area contributed by atoms with Gasteiger partial charge in [-0.25, -0.2) is 9.37 Å². The Morgan fingerprint density at radius 1 is 1.26 bits per heavy atom. The van der Waals surface area contributed by atoms with E-state index < -0.39 is 0 Å². The van der Waals surface area contributed by atoms with Gasteiger partial charge in [0.2, 0.25) is 5.95 Å². The van der Waals surface area contributed by atoms with Crippen molar-refractivity contribution in [3.05, 3.63) is 41.8 Å². The molecule has 0 radical (unpaired) electrons. The molecule has 5 heteroatoms. The summed E-state index contributed by atoms with van der Waals surface area (Å²) >= 11 is 0. The molecule has 0 aliphatic rings. The van der Waals surface area contributed by atoms with Crippen molar-refractivity contribution in [2.24, 2.45) is 0 Å². The first-order valence-electron chi connectivity index (χ1n) is 6.29. The minimum atomic E-state index is -0.233. The smallest absolute Gasteiger partial charge is 0.224 e. The predicted molar refractivity (Wildman–Crippen MR) is 75.2 cm³/mol. The molecule has 0 unspecified atom stereocenters. The average Bonchev–Trinajstić information content (AvgIpc) is 2.42. The molecular formula is C14H17FN4. The number of hydrogen-bond donors (Lipinski definition) is 2. The maximum Gasteiger partial charge on any atom is 0.224 e. The first kappa shape index (κ1) is 13.3. The van der Waals surface area contributed by atoms with E-state index in [9.17, 15) is 4.39 Å². The Hall–Kier alpha value is -2.17. The quantitative estimate of drug-likeness (QED) is 0.864. The average molecular weight is 260 g/mol. The molecule has 100 valence electrons. The lowest BCUT2D eigenvalue weighted by molar-refractivity contribution is 0.619. The molecule has 0 bridgehead atoms. The molecule has 0 saturated carbocycles. The summed E-state index contributed by atoms with van der Waals surface area (Å²) in [4.78, 5) is 8.44. The lowest BCUT2D eigenvalue weighted by Gasteiger charge is -2.10. The molecule has 1 aromatic heterocycles. The summed E-state index contributed by atoms with van der Waals surface area (Å²) in [5.41, 5.74) is 1.28. The number of nitrogens with zero attached hydrogens (tertiary/aromatic N) is 2. The number of hydrogen-bond acceptors (Lipinski definition) is 4. The van der Waals surface area contributed by atoms with Gasteiger partial charge in [-0.1, -0.05) is 13.0 Å². The van der Waals surface area contributed by atoms with Crippen molar-refractivity contribution >= 4 is 17.5 Å². The topological polar surface area (TPSA) is 49.8 Å². The van der Waals surface area contributed by atoms with Crippen molar-refractivity contribution in [2.75, 3.05) is 17.2 Å². The third kappa shape index (κ3) is 3.40. The van der Waals surface area contributed by atoms with Crippen molar-refractivity contribution in [3.63, 3.8) is 0 Å². The largest absolute Gasteiger partial charge is 0.354 e. The van der Waals surface area contributed by atoms with Crippen LogP contribution in [-0.2, 0) is 0 Å². The highest BCUT2D eigenvalue weighted by molar-refractivity contribution is 5.60. The molecule has 0 saturated heterocycles. The number of benzene rings is 1. The van der Waals surface area contributed by atoms with E-state index in [-0.39, 0.29) is 5.82 Å². The van der Waals surface area contributed by atoms with Crippen molar-refractivity contribution < 1.29 is 4.39 Å². The maximum atomic E-state index is 13.4. The Morgan fingerprint density at radius 3 is 2.89 bits per heavy atom. The van der Waals surface area contributed by atoms with Gasteiger partial charge in [-0.05, 0) is 31.5 Å². The first-order chi connectivity index (χ1) is 9.20. The Morgan fingerprint density at radius 2 is 2.11 bits per heavy atom. The summed E-state index contributed by atoms with van der Waals surface area (Å²) in [6.45, 7) is 4.63. The highest BCUT2D eigenvalue weighted by Crippen LogP contribution is 2.21. The van der Waals surface area contributed by atoms with E-state index in [0.29, 0.717) is 23.0 Å². The molecule has 2 aromatic rings. The van der Waals surface area contributed by atoms with E-state index in [4.69, 9.17) is 0 Å². The van der Waals surface area contributed by atoms with Gasteiger partial charge in [0.25, 0.3) is 0 Å². The van der Waals surface area contributed by atoms with Crippen LogP contribution in [0, 0.1) is 12.7 Å². The molecule has 0 aliphatic carbocycles. The van der Waals surface area contributed by atoms with Crippen molar-refractivity contribution in [1.29, 1.82) is 0 Å². The van der Waals surface area contributed by atoms with E-state index in [2.05, 4.69) is 27.5 Å². The zero-order valence-electron chi connectivity index (χ0n) is 11.1. The van der Waals surface area contributed by atoms with Crippen molar-refractivity contribution in [1.82, 2.24) is 9.97 Å². The maximum absolute atomic E-state index is 13.4. The molecule has 0 spiro atoms. The van der Waals surface area contributed by atoms with Gasteiger partial charge >= 0.3 is 0 Å². The summed E-state index contributed by atoms with van der Waals surface area (Å²) < 4.78 is 13.4. The fraction of sp³-hybridized carbons (Fsp3) is 0.286. The Labute approximate surface area is 112 Å². The van der Waals surface area contributed by atoms with Crippen LogP contribution < -0.4 is 10.6 Å². The number of aromatic nitrogens is 2. The third-order valence-corrected chi connectivity index (χ3v) is 2.72. The van der Waals surface area contributed by atoms with Crippen LogP contribution in [0.1, 0.15) is 18.9 Å². The highest BCUT2D eigenvalue weighted by atomic mass is 19.1. The van der Waals surface area contributed by atoms with Crippen LogP contribution in [0.5, 0.6) is 0 Å². The molecule has 1 heterocycles. The number of halogens is 1. The standard InChI is InChI=1S/C14H17FN4/c1-3-8-16-14-17-9-7-13(19-14)18-12-6-4-5-11(15)10(12)2/h4-7,9H,3,8H2,1-2H3,(H2,16,17,18,19). The van der Waals surface area contributed by atoms with Gasteiger partial charge in [-0.2, -0.15) is 4.98 Å². The Bertz CT molecular complexity index is 557. The van der Waals surface area contributed by atoms with Crippen LogP contribution in [0.3, 0.4) is 0 Å². The van der Waals surface area contributed by atoms with Gasteiger partial charge in [0.15, 0.2) is 0 Å². The van der Waals surface area contributed by atoms with Crippen LogP contribution in [0.25, 0.3) is 0 Å². The minimum absolute atomic E-state index is 0.233. The number of rotatable bonds is 5. The van der Waals surface area contributed by atoms with E-state index in [1.54, 1.807) is 25.3 Å². The molecule has 4 nitrogen and oxygen atoms in total. The van der Waals surface area contributed by atoms with E-state index in [1.165, 1.54) is 6.07 Å². The monoisotopic (exact) mass is 260 g/mol. The van der Waals surface area contributed by atoms with Gasteiger partial charge in [-0.3, -0.25) is 0 Å². The molecule has 1 aromatic carbocycles. The fourth-order valence-corrected chi connectivity index (χ4v) is 1.63. The summed E-state index contributed by atoms with van der Waals surface area (Å²) in [5.74, 6) is 0.978. The second-order valence-electron chi connectivity index (χ2n) is 4.23. The first-order valence-corrected chi connectivity index (χ1v) is 6.29. The van der Waals surface area contributed by atoms with Crippen molar-refractivity contribution in [2.45, 2.75) is 20.3 Å². The summed E-state index contributed by atoms with van der Waals surface area (Å²) in [5, 5.41) is 6.21. The summed E-state index contributed by atoms with van der Waals surface area (Å²) in [6, 6.07) is 6.68. The van der Waals surface area contributed by atoms with Crippen LogP contribution in [-0.4, -0.2) is 16.5 Å². The van der Waals surface area contributed by atoms with Crippen LogP contribution in [0.15, 0.2) is 30.5 Å². The molecule has 0 atom stereocenters.